The summed E-state index contributed by atoms with van der Waals surface area (Å²) in [6, 6.07) is 2.07. The number of carboxylic acids is 1. The van der Waals surface area contributed by atoms with E-state index in [2.05, 4.69) is 5.32 Å². The maximum absolute atomic E-state index is 10.6. The third-order valence-corrected chi connectivity index (χ3v) is 3.40. The molecule has 0 radical (unpaired) electrons. The number of non-ortho nitro benzene ring substituents is 2. The lowest BCUT2D eigenvalue weighted by atomic mass is 9.98. The molecule has 0 spiro atoms. The fraction of sp³-hybridized carbons (Fsp3) is 0.385. The van der Waals surface area contributed by atoms with Crippen molar-refractivity contribution in [1.82, 2.24) is 0 Å². The van der Waals surface area contributed by atoms with Crippen LogP contribution in [0.4, 0.5) is 11.4 Å². The number of amides is 1. The first-order valence-electron chi connectivity index (χ1n) is 6.98. The Morgan fingerprint density at radius 1 is 1.04 bits per heavy atom. The number of carboxylic acid groups (broad SMARTS) is 1. The summed E-state index contributed by atoms with van der Waals surface area (Å²) in [5.41, 5.74) is 3.19. The number of nitrogens with zero attached hydrogens (tertiary/aromatic N) is 2. The quantitative estimate of drug-likeness (QED) is 0.483. The zero-order chi connectivity index (χ0) is 18.3. The van der Waals surface area contributed by atoms with Gasteiger partial charge < -0.3 is 21.0 Å². The van der Waals surface area contributed by atoms with Crippen molar-refractivity contribution in [3.8, 4) is 0 Å². The number of nitro benzene ring substituents is 2. The summed E-state index contributed by atoms with van der Waals surface area (Å²) in [4.78, 5) is 39.8. The van der Waals surface area contributed by atoms with E-state index in [0.29, 0.717) is 18.2 Å². The van der Waals surface area contributed by atoms with Gasteiger partial charge in [0.15, 0.2) is 0 Å². The van der Waals surface area contributed by atoms with Gasteiger partial charge in [-0.3, -0.25) is 25.0 Å². The van der Waals surface area contributed by atoms with Crippen molar-refractivity contribution < 1.29 is 29.9 Å². The maximum atomic E-state index is 10.6. The van der Waals surface area contributed by atoms with Crippen molar-refractivity contribution in [3.63, 3.8) is 0 Å². The first-order chi connectivity index (χ1) is 11.2. The SMILES string of the molecule is NC(=O)C1CC[NH2+]CC1.O=C([O-])c1cc([N+](=O)[O-])cc([N+](=O)[O-])c1. The Labute approximate surface area is 135 Å². The number of piperidine rings is 1. The van der Waals surface area contributed by atoms with E-state index in [-0.39, 0.29) is 11.8 Å². The Morgan fingerprint density at radius 2 is 1.50 bits per heavy atom. The van der Waals surface area contributed by atoms with Crippen LogP contribution in [0.25, 0.3) is 0 Å². The molecule has 11 nitrogen and oxygen atoms in total. The molecule has 0 aliphatic carbocycles. The monoisotopic (exact) mass is 340 g/mol. The maximum Gasteiger partial charge on any atom is 0.276 e. The number of hydrogen-bond donors (Lipinski definition) is 2. The smallest absolute Gasteiger partial charge is 0.276 e. The van der Waals surface area contributed by atoms with Crippen LogP contribution >= 0.6 is 0 Å². The largest absolute Gasteiger partial charge is 0.545 e. The predicted molar refractivity (Wildman–Crippen MR) is 77.7 cm³/mol. The minimum absolute atomic E-state index is 0.122. The van der Waals surface area contributed by atoms with Crippen LogP contribution in [-0.4, -0.2) is 34.8 Å². The van der Waals surface area contributed by atoms with Gasteiger partial charge in [-0.15, -0.1) is 0 Å². The van der Waals surface area contributed by atoms with Gasteiger partial charge in [0.05, 0.1) is 35.0 Å². The fourth-order valence-corrected chi connectivity index (χ4v) is 2.14. The summed E-state index contributed by atoms with van der Waals surface area (Å²) in [7, 11) is 0. The molecule has 0 aromatic heterocycles. The highest BCUT2D eigenvalue weighted by Gasteiger charge is 2.19. The van der Waals surface area contributed by atoms with Crippen LogP contribution in [0.3, 0.4) is 0 Å². The third kappa shape index (κ3) is 5.61. The van der Waals surface area contributed by atoms with Gasteiger partial charge in [-0.2, -0.15) is 0 Å². The van der Waals surface area contributed by atoms with E-state index in [9.17, 15) is 34.9 Å². The number of quaternary nitrogens is 1. The van der Waals surface area contributed by atoms with Gasteiger partial charge in [0.25, 0.3) is 11.4 Å². The minimum atomic E-state index is -1.71. The zero-order valence-electron chi connectivity index (χ0n) is 12.5. The van der Waals surface area contributed by atoms with Crippen molar-refractivity contribution in [3.05, 3.63) is 44.0 Å². The van der Waals surface area contributed by atoms with E-state index >= 15 is 0 Å². The topological polar surface area (TPSA) is 186 Å². The molecule has 1 saturated heterocycles. The number of carbonyl (C=O) groups is 2. The van der Waals surface area contributed by atoms with Crippen LogP contribution in [0, 0.1) is 26.1 Å². The van der Waals surface area contributed by atoms with Gasteiger partial charge in [-0.05, 0) is 0 Å². The van der Waals surface area contributed by atoms with Gasteiger partial charge in [-0.1, -0.05) is 0 Å². The molecule has 0 saturated carbocycles. The Hall–Kier alpha value is -3.08. The van der Waals surface area contributed by atoms with Gasteiger partial charge >= 0.3 is 0 Å². The molecule has 24 heavy (non-hydrogen) atoms. The Balaban J connectivity index is 0.000000272. The molecule has 1 aliphatic heterocycles. The molecule has 1 heterocycles. The number of nitrogens with two attached hydrogens (primary N) is 2. The Morgan fingerprint density at radius 3 is 1.79 bits per heavy atom. The second-order valence-electron chi connectivity index (χ2n) is 5.08. The molecule has 11 heteroatoms. The van der Waals surface area contributed by atoms with Crippen molar-refractivity contribution in [1.29, 1.82) is 0 Å². The second kappa shape index (κ2) is 8.53. The van der Waals surface area contributed by atoms with E-state index in [1.165, 1.54) is 0 Å². The molecule has 1 aliphatic rings. The molecule has 1 aromatic rings. The van der Waals surface area contributed by atoms with Crippen LogP contribution in [0.15, 0.2) is 18.2 Å². The van der Waals surface area contributed by atoms with E-state index < -0.39 is 32.8 Å². The lowest BCUT2D eigenvalue weighted by Crippen LogP contribution is -2.86. The zero-order valence-corrected chi connectivity index (χ0v) is 12.5. The molecule has 4 N–H and O–H groups in total. The first-order valence-corrected chi connectivity index (χ1v) is 6.98. The first kappa shape index (κ1) is 19.0. The van der Waals surface area contributed by atoms with Gasteiger partial charge in [-0.25, -0.2) is 0 Å². The summed E-state index contributed by atoms with van der Waals surface area (Å²) in [5.74, 6) is -1.67. The van der Waals surface area contributed by atoms with Crippen molar-refractivity contribution in [2.24, 2.45) is 11.7 Å². The highest BCUT2D eigenvalue weighted by atomic mass is 16.6. The van der Waals surface area contributed by atoms with Gasteiger partial charge in [0.1, 0.15) is 0 Å². The standard InChI is InChI=1S/C7H4N2O6.C6H12N2O/c10-7(11)4-1-5(8(12)13)3-6(2-4)9(14)15;7-6(9)5-1-3-8-4-2-5/h1-3H,(H,10,11);5,8H,1-4H2,(H2,7,9). The van der Waals surface area contributed by atoms with E-state index in [4.69, 9.17) is 5.73 Å². The average molecular weight is 340 g/mol. The minimum Gasteiger partial charge on any atom is -0.545 e. The number of primary amides is 1. The summed E-state index contributed by atoms with van der Waals surface area (Å²) in [5, 5.41) is 33.3. The molecule has 2 rings (SSSR count). The lowest BCUT2D eigenvalue weighted by Gasteiger charge is -2.16. The molecule has 0 bridgehead atoms. The number of rotatable bonds is 4. The van der Waals surface area contributed by atoms with Crippen LogP contribution in [0.5, 0.6) is 0 Å². The van der Waals surface area contributed by atoms with Gasteiger partial charge in [0, 0.05) is 36.5 Å². The molecule has 1 fully saturated rings. The summed E-state index contributed by atoms with van der Waals surface area (Å²) in [6.07, 6.45) is 1.94. The average Bonchev–Trinajstić information content (AvgIpc) is 2.55. The van der Waals surface area contributed by atoms with Gasteiger partial charge in [0.2, 0.25) is 5.91 Å². The van der Waals surface area contributed by atoms with E-state index in [1.54, 1.807) is 0 Å². The number of aromatic carboxylic acids is 1. The summed E-state index contributed by atoms with van der Waals surface area (Å²) >= 11 is 0. The fourth-order valence-electron chi connectivity index (χ4n) is 2.14. The lowest BCUT2D eigenvalue weighted by molar-refractivity contribution is -0.663. The number of benzene rings is 1. The van der Waals surface area contributed by atoms with Crippen LogP contribution in [0.2, 0.25) is 0 Å². The number of carbonyl (C=O) groups excluding carboxylic acids is 2. The Kier molecular flexibility index (Phi) is 6.74. The molecule has 1 aromatic carbocycles. The molecule has 1 amide bonds. The van der Waals surface area contributed by atoms with E-state index in [0.717, 1.165) is 25.9 Å². The van der Waals surface area contributed by atoms with E-state index in [1.807, 2.05) is 0 Å². The van der Waals surface area contributed by atoms with Crippen LogP contribution in [-0.2, 0) is 4.79 Å². The van der Waals surface area contributed by atoms with Crippen LogP contribution in [0.1, 0.15) is 23.2 Å². The second-order valence-corrected chi connectivity index (χ2v) is 5.08. The molecule has 0 atom stereocenters. The molecule has 130 valence electrons. The number of nitro groups is 2. The molecule has 0 unspecified atom stereocenters. The van der Waals surface area contributed by atoms with Crippen molar-refractivity contribution in [2.45, 2.75) is 12.8 Å². The predicted octanol–water partition coefficient (Wildman–Crippen LogP) is -1.69. The highest BCUT2D eigenvalue weighted by molar-refractivity contribution is 5.87. The van der Waals surface area contributed by atoms with Crippen molar-refractivity contribution >= 4 is 23.3 Å². The number of hydrogen-bond acceptors (Lipinski definition) is 7. The normalized spacial score (nSPS) is 14.2. The van der Waals surface area contributed by atoms with Crippen molar-refractivity contribution in [2.75, 3.05) is 13.1 Å². The molecular formula is C13H16N4O7. The highest BCUT2D eigenvalue weighted by Crippen LogP contribution is 2.22. The van der Waals surface area contributed by atoms with Crippen LogP contribution < -0.4 is 16.2 Å². The third-order valence-electron chi connectivity index (χ3n) is 3.40. The summed E-state index contributed by atoms with van der Waals surface area (Å²) < 4.78 is 0. The Bertz CT molecular complexity index is 577. The summed E-state index contributed by atoms with van der Waals surface area (Å²) in [6.45, 7) is 2.13. The molecular weight excluding hydrogens is 324 g/mol.